The molecule has 3 nitrogen and oxygen atoms in total. The zero-order valence-corrected chi connectivity index (χ0v) is 10.4. The van der Waals surface area contributed by atoms with E-state index in [9.17, 15) is 9.00 Å². The molecule has 1 heterocycles. The molecule has 0 saturated heterocycles. The molecule has 84 valence electrons. The van der Waals surface area contributed by atoms with Crippen molar-refractivity contribution >= 4 is 33.3 Å². The molecular weight excluding hydrogens is 246 g/mol. The van der Waals surface area contributed by atoms with Gasteiger partial charge in [-0.2, -0.15) is 0 Å². The van der Waals surface area contributed by atoms with Crippen LogP contribution in [0.25, 0.3) is 10.9 Å². The molecule has 2 rings (SSSR count). The summed E-state index contributed by atoms with van der Waals surface area (Å²) in [5.41, 5.74) is 0.553. The fourth-order valence-corrected chi connectivity index (χ4v) is 2.47. The number of rotatable bonds is 1. The fraction of sp³-hybridized carbons (Fsp3) is 0.182. The highest BCUT2D eigenvalue weighted by molar-refractivity contribution is 7.84. The molecule has 0 fully saturated rings. The Kier molecular flexibility index (Phi) is 2.86. The van der Waals surface area contributed by atoms with Gasteiger partial charge in [-0.05, 0) is 18.2 Å². The third kappa shape index (κ3) is 1.79. The molecule has 0 aliphatic rings. The molecule has 5 heteroatoms. The Hall–Kier alpha value is -1.13. The Morgan fingerprint density at radius 1 is 1.38 bits per heavy atom. The van der Waals surface area contributed by atoms with Gasteiger partial charge in [0.05, 0.1) is 16.3 Å². The van der Waals surface area contributed by atoms with E-state index in [1.807, 2.05) is 0 Å². The van der Waals surface area contributed by atoms with Gasteiger partial charge in [-0.3, -0.25) is 9.00 Å². The van der Waals surface area contributed by atoms with Gasteiger partial charge in [-0.1, -0.05) is 11.6 Å². The normalized spacial score (nSPS) is 12.9. The smallest absolute Gasteiger partial charge is 0.205 e. The molecule has 0 radical (unpaired) electrons. The highest BCUT2D eigenvalue weighted by Gasteiger charge is 2.10. The number of nitrogens with zero attached hydrogens (tertiary/aromatic N) is 1. The van der Waals surface area contributed by atoms with Crippen molar-refractivity contribution in [3.05, 3.63) is 39.6 Å². The van der Waals surface area contributed by atoms with E-state index in [1.54, 1.807) is 36.0 Å². The lowest BCUT2D eigenvalue weighted by molar-refractivity contribution is 0.685. The molecule has 0 N–H and O–H groups in total. The summed E-state index contributed by atoms with van der Waals surface area (Å²) in [5.74, 6) is 0. The number of hydrogen-bond donors (Lipinski definition) is 0. The summed E-state index contributed by atoms with van der Waals surface area (Å²) in [7, 11) is 0.522. The van der Waals surface area contributed by atoms with Gasteiger partial charge in [0.15, 0.2) is 0 Å². The molecule has 0 spiro atoms. The maximum atomic E-state index is 12.0. The van der Waals surface area contributed by atoms with Crippen LogP contribution in [0.15, 0.2) is 34.1 Å². The number of hydrogen-bond acceptors (Lipinski definition) is 2. The molecule has 0 amide bonds. The molecule has 0 aliphatic carbocycles. The van der Waals surface area contributed by atoms with E-state index in [2.05, 4.69) is 0 Å². The summed E-state index contributed by atoms with van der Waals surface area (Å²) in [5, 5.41) is 1.12. The van der Waals surface area contributed by atoms with Crippen molar-refractivity contribution in [1.82, 2.24) is 4.57 Å². The van der Waals surface area contributed by atoms with Gasteiger partial charge in [-0.15, -0.1) is 0 Å². The maximum absolute atomic E-state index is 12.0. The van der Waals surface area contributed by atoms with Crippen LogP contribution >= 0.6 is 11.6 Å². The molecule has 0 bridgehead atoms. The first kappa shape index (κ1) is 11.4. The summed E-state index contributed by atoms with van der Waals surface area (Å²) in [6.45, 7) is 0. The van der Waals surface area contributed by atoms with Gasteiger partial charge in [0.25, 0.3) is 0 Å². The van der Waals surface area contributed by atoms with Gasteiger partial charge in [0.1, 0.15) is 4.90 Å². The van der Waals surface area contributed by atoms with Crippen LogP contribution in [0.3, 0.4) is 0 Å². The summed E-state index contributed by atoms with van der Waals surface area (Å²) >= 11 is 5.87. The largest absolute Gasteiger partial charge is 0.349 e. The SMILES string of the molecule is Cn1cc(S(C)=O)c(=O)c2ccc(Cl)cc21. The van der Waals surface area contributed by atoms with Crippen LogP contribution in [0.1, 0.15) is 0 Å². The number of pyridine rings is 1. The van der Waals surface area contributed by atoms with Gasteiger partial charge < -0.3 is 4.57 Å². The maximum Gasteiger partial charge on any atom is 0.205 e. The lowest BCUT2D eigenvalue weighted by Gasteiger charge is -2.07. The minimum Gasteiger partial charge on any atom is -0.349 e. The fourth-order valence-electron chi connectivity index (χ4n) is 1.63. The molecule has 16 heavy (non-hydrogen) atoms. The number of halogens is 1. The Bertz CT molecular complexity index is 648. The van der Waals surface area contributed by atoms with Crippen LogP contribution in [0, 0.1) is 0 Å². The summed E-state index contributed by atoms with van der Waals surface area (Å²) < 4.78 is 13.2. The van der Waals surface area contributed by atoms with Gasteiger partial charge in [0.2, 0.25) is 5.43 Å². The van der Waals surface area contributed by atoms with E-state index >= 15 is 0 Å². The van der Waals surface area contributed by atoms with Crippen LogP contribution in [0.4, 0.5) is 0 Å². The third-order valence-corrected chi connectivity index (χ3v) is 3.57. The van der Waals surface area contributed by atoms with Crippen molar-refractivity contribution in [3.8, 4) is 0 Å². The number of benzene rings is 1. The zero-order valence-electron chi connectivity index (χ0n) is 8.86. The van der Waals surface area contributed by atoms with Crippen molar-refractivity contribution in [1.29, 1.82) is 0 Å². The van der Waals surface area contributed by atoms with E-state index in [1.165, 1.54) is 6.26 Å². The van der Waals surface area contributed by atoms with Crippen LogP contribution < -0.4 is 5.43 Å². The first-order valence-electron chi connectivity index (χ1n) is 4.63. The number of aromatic nitrogens is 1. The van der Waals surface area contributed by atoms with Crippen LogP contribution in [0.2, 0.25) is 5.02 Å². The quantitative estimate of drug-likeness (QED) is 0.781. The van der Waals surface area contributed by atoms with Crippen molar-refractivity contribution in [2.45, 2.75) is 4.90 Å². The number of aryl methyl sites for hydroxylation is 1. The minimum absolute atomic E-state index is 0.189. The number of fused-ring (bicyclic) bond motifs is 1. The summed E-state index contributed by atoms with van der Waals surface area (Å²) in [4.78, 5) is 12.3. The molecule has 0 aliphatic heterocycles. The molecule has 1 atom stereocenters. The van der Waals surface area contributed by atoms with Gasteiger partial charge in [0, 0.05) is 29.9 Å². The molecule has 1 aromatic heterocycles. The summed E-state index contributed by atoms with van der Waals surface area (Å²) in [6, 6.07) is 5.05. The van der Waals surface area contributed by atoms with Gasteiger partial charge in [-0.25, -0.2) is 0 Å². The Morgan fingerprint density at radius 3 is 2.69 bits per heavy atom. The summed E-state index contributed by atoms with van der Waals surface area (Å²) in [6.07, 6.45) is 3.09. The molecule has 0 saturated carbocycles. The average Bonchev–Trinajstić information content (AvgIpc) is 2.22. The lowest BCUT2D eigenvalue weighted by atomic mass is 10.2. The van der Waals surface area contributed by atoms with Crippen LogP contribution in [-0.4, -0.2) is 15.0 Å². The Morgan fingerprint density at radius 2 is 2.06 bits per heavy atom. The van der Waals surface area contributed by atoms with E-state index < -0.39 is 10.8 Å². The Balaban J connectivity index is 2.96. The molecule has 2 aromatic rings. The zero-order chi connectivity index (χ0) is 11.9. The van der Waals surface area contributed by atoms with Crippen molar-refractivity contribution in [2.75, 3.05) is 6.26 Å². The Labute approximate surface area is 100 Å². The van der Waals surface area contributed by atoms with E-state index in [0.29, 0.717) is 15.3 Å². The van der Waals surface area contributed by atoms with Crippen LogP contribution in [0.5, 0.6) is 0 Å². The molecule has 1 unspecified atom stereocenters. The predicted octanol–water partition coefficient (Wildman–Crippen LogP) is 1.93. The second-order valence-corrected chi connectivity index (χ2v) is 5.33. The van der Waals surface area contributed by atoms with Crippen LogP contribution in [-0.2, 0) is 17.8 Å². The monoisotopic (exact) mass is 255 g/mol. The standard InChI is InChI=1S/C11H10ClNO2S/c1-13-6-10(16(2)15)11(14)8-4-3-7(12)5-9(8)13/h3-6H,1-2H3. The van der Waals surface area contributed by atoms with Gasteiger partial charge >= 0.3 is 0 Å². The van der Waals surface area contributed by atoms with Crippen molar-refractivity contribution in [3.63, 3.8) is 0 Å². The predicted molar refractivity (Wildman–Crippen MR) is 66.5 cm³/mol. The topological polar surface area (TPSA) is 39.1 Å². The highest BCUT2D eigenvalue weighted by Crippen LogP contribution is 2.17. The first-order valence-corrected chi connectivity index (χ1v) is 6.56. The van der Waals surface area contributed by atoms with Crippen molar-refractivity contribution in [2.24, 2.45) is 7.05 Å². The average molecular weight is 256 g/mol. The van der Waals surface area contributed by atoms with E-state index in [0.717, 1.165) is 5.52 Å². The lowest BCUT2D eigenvalue weighted by Crippen LogP contribution is -2.13. The second-order valence-electron chi connectivity index (χ2n) is 3.55. The van der Waals surface area contributed by atoms with E-state index in [4.69, 9.17) is 11.6 Å². The molecular formula is C11H10ClNO2S. The molecule has 1 aromatic carbocycles. The first-order chi connectivity index (χ1) is 7.50. The van der Waals surface area contributed by atoms with Crippen molar-refractivity contribution < 1.29 is 4.21 Å². The third-order valence-electron chi connectivity index (χ3n) is 2.43. The highest BCUT2D eigenvalue weighted by atomic mass is 35.5. The minimum atomic E-state index is -1.28. The van der Waals surface area contributed by atoms with E-state index in [-0.39, 0.29) is 5.43 Å². The second kappa shape index (κ2) is 4.03.